The summed E-state index contributed by atoms with van der Waals surface area (Å²) < 4.78 is 1.99. The van der Waals surface area contributed by atoms with Gasteiger partial charge in [0.2, 0.25) is 5.91 Å². The maximum absolute atomic E-state index is 12.5. The average molecular weight is 364 g/mol. The van der Waals surface area contributed by atoms with Crippen LogP contribution in [-0.2, 0) is 11.3 Å². The minimum Gasteiger partial charge on any atom is -0.341 e. The van der Waals surface area contributed by atoms with Crippen LogP contribution in [0.15, 0.2) is 0 Å². The first-order valence-corrected chi connectivity index (χ1v) is 8.03. The highest BCUT2D eigenvalue weighted by atomic mass is 35.5. The summed E-state index contributed by atoms with van der Waals surface area (Å²) in [6.45, 7) is 7.53. The first-order valence-electron chi connectivity index (χ1n) is 8.03. The lowest BCUT2D eigenvalue weighted by Crippen LogP contribution is -2.48. The Hall–Kier alpha value is -0.850. The van der Waals surface area contributed by atoms with Crippen LogP contribution in [-0.4, -0.2) is 51.2 Å². The Morgan fingerprint density at radius 1 is 1.26 bits per heavy atom. The van der Waals surface area contributed by atoms with E-state index in [0.29, 0.717) is 11.8 Å². The zero-order valence-electron chi connectivity index (χ0n) is 13.8. The monoisotopic (exact) mass is 363 g/mol. The fraction of sp³-hybridized carbons (Fsp3) is 0.800. The Balaban J connectivity index is 0.00000132. The van der Waals surface area contributed by atoms with Crippen molar-refractivity contribution in [2.75, 3.05) is 19.6 Å². The smallest absolute Gasteiger partial charge is 0.239 e. The molecule has 0 radical (unpaired) electrons. The van der Waals surface area contributed by atoms with Gasteiger partial charge in [0.1, 0.15) is 11.6 Å². The molecule has 6 nitrogen and oxygen atoms in total. The van der Waals surface area contributed by atoms with Gasteiger partial charge in [-0.25, -0.2) is 9.67 Å². The van der Waals surface area contributed by atoms with E-state index in [1.165, 1.54) is 6.42 Å². The number of nitrogens with zero attached hydrogens (tertiary/aromatic N) is 4. The number of piperidine rings is 1. The average Bonchev–Trinajstić information content (AvgIpc) is 3.09. The van der Waals surface area contributed by atoms with Gasteiger partial charge >= 0.3 is 0 Å². The van der Waals surface area contributed by atoms with Crippen LogP contribution in [0, 0.1) is 19.8 Å². The van der Waals surface area contributed by atoms with Gasteiger partial charge in [-0.3, -0.25) is 4.79 Å². The second kappa shape index (κ2) is 8.85. The number of nitrogens with one attached hydrogen (secondary N) is 1. The molecule has 3 heterocycles. The van der Waals surface area contributed by atoms with Crippen LogP contribution >= 0.6 is 24.8 Å². The van der Waals surface area contributed by atoms with E-state index in [4.69, 9.17) is 0 Å². The molecule has 0 aromatic carbocycles. The third-order valence-electron chi connectivity index (χ3n) is 4.58. The standard InChI is InChI=1S/C15H25N5O.2ClH/c1-11-17-12(2)20(18-11)10-13-5-4-8-19(9-13)15(21)14-6-3-7-16-14;;/h13-14,16H,3-10H2,1-2H3;2*1H. The number of aromatic nitrogens is 3. The van der Waals surface area contributed by atoms with Crippen molar-refractivity contribution in [3.63, 3.8) is 0 Å². The number of hydrogen-bond donors (Lipinski definition) is 1. The minimum absolute atomic E-state index is 0. The van der Waals surface area contributed by atoms with Gasteiger partial charge < -0.3 is 10.2 Å². The summed E-state index contributed by atoms with van der Waals surface area (Å²) in [5.74, 6) is 2.58. The number of hydrogen-bond acceptors (Lipinski definition) is 4. The number of halogens is 2. The Labute approximate surface area is 150 Å². The van der Waals surface area contributed by atoms with Crippen LogP contribution in [0.1, 0.15) is 37.3 Å². The third-order valence-corrected chi connectivity index (χ3v) is 4.58. The predicted octanol–water partition coefficient (Wildman–Crippen LogP) is 1.73. The molecule has 0 bridgehead atoms. The van der Waals surface area contributed by atoms with Crippen molar-refractivity contribution in [1.82, 2.24) is 25.0 Å². The number of carbonyl (C=O) groups excluding carboxylic acids is 1. The van der Waals surface area contributed by atoms with Crippen LogP contribution < -0.4 is 5.32 Å². The second-order valence-electron chi connectivity index (χ2n) is 6.33. The first kappa shape index (κ1) is 20.2. The molecule has 2 fully saturated rings. The molecular formula is C15H27Cl2N5O. The maximum Gasteiger partial charge on any atom is 0.239 e. The molecule has 23 heavy (non-hydrogen) atoms. The topological polar surface area (TPSA) is 63.1 Å². The molecule has 0 saturated carbocycles. The van der Waals surface area contributed by atoms with Crippen LogP contribution in [0.2, 0.25) is 0 Å². The van der Waals surface area contributed by atoms with Gasteiger partial charge in [0, 0.05) is 19.6 Å². The fourth-order valence-corrected chi connectivity index (χ4v) is 3.51. The van der Waals surface area contributed by atoms with Gasteiger partial charge in [-0.2, -0.15) is 5.10 Å². The normalized spacial score (nSPS) is 24.0. The molecule has 0 aliphatic carbocycles. The Morgan fingerprint density at radius 2 is 2.04 bits per heavy atom. The van der Waals surface area contributed by atoms with E-state index in [2.05, 4.69) is 20.3 Å². The van der Waals surface area contributed by atoms with E-state index < -0.39 is 0 Å². The molecule has 2 saturated heterocycles. The van der Waals surface area contributed by atoms with Crippen molar-refractivity contribution < 1.29 is 4.79 Å². The zero-order chi connectivity index (χ0) is 14.8. The molecule has 2 atom stereocenters. The number of amides is 1. The Bertz CT molecular complexity index is 516. The molecule has 132 valence electrons. The van der Waals surface area contributed by atoms with E-state index in [0.717, 1.165) is 57.1 Å². The van der Waals surface area contributed by atoms with Crippen molar-refractivity contribution in [2.24, 2.45) is 5.92 Å². The summed E-state index contributed by atoms with van der Waals surface area (Å²) in [5.41, 5.74) is 0. The van der Waals surface area contributed by atoms with Crippen molar-refractivity contribution in [1.29, 1.82) is 0 Å². The molecule has 0 spiro atoms. The van der Waals surface area contributed by atoms with Gasteiger partial charge in [0.25, 0.3) is 0 Å². The molecule has 3 rings (SSSR count). The predicted molar refractivity (Wildman–Crippen MR) is 94.3 cm³/mol. The van der Waals surface area contributed by atoms with E-state index in [-0.39, 0.29) is 30.9 Å². The zero-order valence-corrected chi connectivity index (χ0v) is 15.5. The SMILES string of the molecule is Cc1nc(C)n(CC2CCCN(C(=O)C3CCCN3)C2)n1.Cl.Cl. The summed E-state index contributed by atoms with van der Waals surface area (Å²) in [7, 11) is 0. The Morgan fingerprint density at radius 3 is 2.65 bits per heavy atom. The number of carbonyl (C=O) groups is 1. The second-order valence-corrected chi connectivity index (χ2v) is 6.33. The summed E-state index contributed by atoms with van der Waals surface area (Å²) in [6.07, 6.45) is 4.36. The van der Waals surface area contributed by atoms with E-state index in [1.807, 2.05) is 18.5 Å². The fourth-order valence-electron chi connectivity index (χ4n) is 3.51. The van der Waals surface area contributed by atoms with Crippen LogP contribution in [0.25, 0.3) is 0 Å². The van der Waals surface area contributed by atoms with Crippen molar-refractivity contribution in [3.8, 4) is 0 Å². The van der Waals surface area contributed by atoms with Gasteiger partial charge in [0.15, 0.2) is 0 Å². The van der Waals surface area contributed by atoms with Crippen molar-refractivity contribution in [3.05, 3.63) is 11.6 Å². The number of rotatable bonds is 3. The largest absolute Gasteiger partial charge is 0.341 e. The van der Waals surface area contributed by atoms with E-state index in [9.17, 15) is 4.79 Å². The van der Waals surface area contributed by atoms with Crippen LogP contribution in [0.3, 0.4) is 0 Å². The quantitative estimate of drug-likeness (QED) is 0.887. The molecule has 1 aromatic rings. The molecule has 2 aliphatic rings. The highest BCUT2D eigenvalue weighted by Crippen LogP contribution is 2.20. The number of aryl methyl sites for hydroxylation is 2. The van der Waals surface area contributed by atoms with E-state index >= 15 is 0 Å². The highest BCUT2D eigenvalue weighted by molar-refractivity contribution is 5.85. The molecular weight excluding hydrogens is 337 g/mol. The molecule has 2 unspecified atom stereocenters. The Kier molecular flexibility index (Phi) is 7.77. The van der Waals surface area contributed by atoms with Crippen molar-refractivity contribution >= 4 is 30.7 Å². The summed E-state index contributed by atoms with van der Waals surface area (Å²) >= 11 is 0. The van der Waals surface area contributed by atoms with Gasteiger partial charge in [-0.05, 0) is 52.0 Å². The van der Waals surface area contributed by atoms with Gasteiger partial charge in [-0.15, -0.1) is 24.8 Å². The molecule has 2 aliphatic heterocycles. The highest BCUT2D eigenvalue weighted by Gasteiger charge is 2.30. The summed E-state index contributed by atoms with van der Waals surface area (Å²) in [4.78, 5) is 18.9. The molecule has 1 aromatic heterocycles. The molecule has 1 N–H and O–H groups in total. The van der Waals surface area contributed by atoms with Gasteiger partial charge in [-0.1, -0.05) is 0 Å². The summed E-state index contributed by atoms with van der Waals surface area (Å²) in [6, 6.07) is 0.0547. The number of likely N-dealkylation sites (tertiary alicyclic amines) is 1. The molecule has 8 heteroatoms. The summed E-state index contributed by atoms with van der Waals surface area (Å²) in [5, 5.41) is 7.75. The van der Waals surface area contributed by atoms with Crippen molar-refractivity contribution in [2.45, 2.75) is 52.1 Å². The van der Waals surface area contributed by atoms with Crippen LogP contribution in [0.4, 0.5) is 0 Å². The minimum atomic E-state index is 0. The van der Waals surface area contributed by atoms with E-state index in [1.54, 1.807) is 0 Å². The lowest BCUT2D eigenvalue weighted by molar-refractivity contribution is -0.135. The van der Waals surface area contributed by atoms with Crippen LogP contribution in [0.5, 0.6) is 0 Å². The van der Waals surface area contributed by atoms with Gasteiger partial charge in [0.05, 0.1) is 6.04 Å². The molecule has 1 amide bonds. The lowest BCUT2D eigenvalue weighted by Gasteiger charge is -2.34. The maximum atomic E-state index is 12.5. The first-order chi connectivity index (χ1) is 10.1. The third kappa shape index (κ3) is 4.81. The lowest BCUT2D eigenvalue weighted by atomic mass is 9.97.